The molecule has 0 bridgehead atoms. The molecular formula is C3H5NO. The van der Waals surface area contributed by atoms with Gasteiger partial charge in [0.05, 0.1) is 6.20 Å². The van der Waals surface area contributed by atoms with Gasteiger partial charge in [0.2, 0.25) is 0 Å². The molecule has 0 aliphatic carbocycles. The highest BCUT2D eigenvalue weighted by atomic mass is 16.5. The first kappa shape index (κ1) is 4.28. The maximum absolute atomic E-state index is 7.66. The fourth-order valence-corrected chi connectivity index (χ4v) is 0.0456. The maximum Gasteiger partial charge on any atom is 0.0652 e. The van der Waals surface area contributed by atoms with Crippen LogP contribution in [-0.4, -0.2) is 5.21 Å². The number of hydroxylamine groups is 1. The van der Waals surface area contributed by atoms with Crippen LogP contribution in [0.4, 0.5) is 0 Å². The first-order chi connectivity index (χ1) is 2.41. The van der Waals surface area contributed by atoms with Crippen molar-refractivity contribution < 1.29 is 5.21 Å². The highest BCUT2D eigenvalue weighted by Gasteiger charge is 1.41. The molecule has 0 saturated heterocycles. The highest BCUT2D eigenvalue weighted by molar-refractivity contribution is 4.66. The van der Waals surface area contributed by atoms with Crippen LogP contribution >= 0.6 is 0 Å². The van der Waals surface area contributed by atoms with Crippen molar-refractivity contribution in [3.8, 4) is 0 Å². The van der Waals surface area contributed by atoms with Gasteiger partial charge in [0.1, 0.15) is 0 Å². The molecule has 2 N–H and O–H groups in total. The smallest absolute Gasteiger partial charge is 0.0652 e. The summed E-state index contributed by atoms with van der Waals surface area (Å²) >= 11 is 0. The lowest BCUT2D eigenvalue weighted by atomic mass is 10.9. The normalized spacial score (nSPS) is 5.00. The Labute approximate surface area is 30.4 Å². The van der Waals surface area contributed by atoms with E-state index in [-0.39, 0.29) is 0 Å². The molecular weight excluding hydrogens is 66.0 g/mol. The number of hydrogen-bond donors (Lipinski definition) is 2. The van der Waals surface area contributed by atoms with Gasteiger partial charge in [-0.1, -0.05) is 6.58 Å². The minimum absolute atomic E-state index is 1.19. The van der Waals surface area contributed by atoms with Gasteiger partial charge in [0, 0.05) is 0 Å². The molecule has 2 nitrogen and oxygen atoms in total. The molecule has 0 radical (unpaired) electrons. The molecule has 0 aromatic rings. The lowest BCUT2D eigenvalue weighted by Crippen LogP contribution is -1.90. The van der Waals surface area contributed by atoms with E-state index in [1.54, 1.807) is 5.48 Å². The highest BCUT2D eigenvalue weighted by Crippen LogP contribution is 1.40. The average molecular weight is 71.1 g/mol. The summed E-state index contributed by atoms with van der Waals surface area (Å²) in [5.74, 6) is 0. The molecule has 0 spiro atoms. The summed E-state index contributed by atoms with van der Waals surface area (Å²) in [6.07, 6.45) is 1.19. The third-order valence-corrected chi connectivity index (χ3v) is 0.167. The molecule has 0 fully saturated rings. The van der Waals surface area contributed by atoms with E-state index in [0.29, 0.717) is 0 Å². The van der Waals surface area contributed by atoms with Gasteiger partial charge in [0.25, 0.3) is 0 Å². The van der Waals surface area contributed by atoms with Crippen molar-refractivity contribution in [2.24, 2.45) is 0 Å². The summed E-state index contributed by atoms with van der Waals surface area (Å²) in [6.45, 7) is 3.15. The Hall–Kier alpha value is -0.720. The molecule has 0 atom stereocenters. The summed E-state index contributed by atoms with van der Waals surface area (Å²) in [4.78, 5) is 0. The van der Waals surface area contributed by atoms with Crippen molar-refractivity contribution in [2.75, 3.05) is 0 Å². The molecule has 2 heteroatoms. The molecule has 0 aromatic carbocycles. The maximum atomic E-state index is 7.66. The minimum atomic E-state index is 1.19. The van der Waals surface area contributed by atoms with E-state index in [1.165, 1.54) is 6.20 Å². The van der Waals surface area contributed by atoms with E-state index in [4.69, 9.17) is 5.21 Å². The Morgan fingerprint density at radius 3 is 2.60 bits per heavy atom. The summed E-state index contributed by atoms with van der Waals surface area (Å²) in [5, 5.41) is 7.66. The Balaban J connectivity index is 2.93. The molecule has 0 rings (SSSR count). The van der Waals surface area contributed by atoms with Gasteiger partial charge in [-0.25, -0.2) is 0 Å². The topological polar surface area (TPSA) is 32.3 Å². The summed E-state index contributed by atoms with van der Waals surface area (Å²) < 4.78 is 0. The minimum Gasteiger partial charge on any atom is -0.291 e. The number of nitrogens with one attached hydrogen (secondary N) is 1. The van der Waals surface area contributed by atoms with Crippen molar-refractivity contribution in [1.29, 1.82) is 0 Å². The van der Waals surface area contributed by atoms with E-state index in [2.05, 4.69) is 12.3 Å². The van der Waals surface area contributed by atoms with Crippen LogP contribution in [0.2, 0.25) is 0 Å². The van der Waals surface area contributed by atoms with Crippen LogP contribution in [0, 0.1) is 0 Å². The van der Waals surface area contributed by atoms with E-state index in [9.17, 15) is 0 Å². The fraction of sp³-hybridized carbons (Fsp3) is 0. The average Bonchev–Trinajstić information content (AvgIpc) is 1.41. The number of rotatable bonds is 1. The molecule has 0 heterocycles. The quantitative estimate of drug-likeness (QED) is 0.343. The lowest BCUT2D eigenvalue weighted by molar-refractivity contribution is 0.214. The second-order valence-corrected chi connectivity index (χ2v) is 0.478. The van der Waals surface area contributed by atoms with Gasteiger partial charge >= 0.3 is 0 Å². The van der Waals surface area contributed by atoms with Crippen LogP contribution in [-0.2, 0) is 0 Å². The van der Waals surface area contributed by atoms with E-state index in [1.807, 2.05) is 0 Å². The third kappa shape index (κ3) is 3.28. The van der Waals surface area contributed by atoms with Crippen LogP contribution in [0.15, 0.2) is 18.5 Å². The van der Waals surface area contributed by atoms with Gasteiger partial charge in [0.15, 0.2) is 0 Å². The SMILES string of the molecule is C=C=CNO. The predicted octanol–water partition coefficient (Wildman–Crippen LogP) is 0.264. The molecule has 5 heavy (non-hydrogen) atoms. The van der Waals surface area contributed by atoms with Crippen LogP contribution in [0.5, 0.6) is 0 Å². The van der Waals surface area contributed by atoms with Crippen LogP contribution < -0.4 is 5.48 Å². The summed E-state index contributed by atoms with van der Waals surface area (Å²) in [6, 6.07) is 0. The first-order valence-corrected chi connectivity index (χ1v) is 1.15. The largest absolute Gasteiger partial charge is 0.291 e. The van der Waals surface area contributed by atoms with Crippen molar-refractivity contribution in [3.63, 3.8) is 0 Å². The zero-order valence-electron chi connectivity index (χ0n) is 2.73. The van der Waals surface area contributed by atoms with Gasteiger partial charge < -0.3 is 0 Å². The monoisotopic (exact) mass is 71.0 g/mol. The second kappa shape index (κ2) is 3.28. The van der Waals surface area contributed by atoms with Crippen LogP contribution in [0.25, 0.3) is 0 Å². The molecule has 0 amide bonds. The Morgan fingerprint density at radius 2 is 2.60 bits per heavy atom. The predicted molar refractivity (Wildman–Crippen MR) is 18.6 cm³/mol. The van der Waals surface area contributed by atoms with Crippen LogP contribution in [0.3, 0.4) is 0 Å². The molecule has 0 aliphatic rings. The number of hydrogen-bond acceptors (Lipinski definition) is 2. The van der Waals surface area contributed by atoms with Gasteiger partial charge in [-0.2, -0.15) is 0 Å². The van der Waals surface area contributed by atoms with Gasteiger partial charge in [-0.15, -0.1) is 5.73 Å². The van der Waals surface area contributed by atoms with Crippen molar-refractivity contribution in [1.82, 2.24) is 5.48 Å². The van der Waals surface area contributed by atoms with Crippen LogP contribution in [0.1, 0.15) is 0 Å². The fourth-order valence-electron chi connectivity index (χ4n) is 0.0456. The molecule has 0 saturated carbocycles. The molecule has 0 aliphatic heterocycles. The van der Waals surface area contributed by atoms with Crippen molar-refractivity contribution >= 4 is 0 Å². The zero-order valence-corrected chi connectivity index (χ0v) is 2.73. The Bertz CT molecular complexity index is 53.9. The molecule has 0 unspecified atom stereocenters. The summed E-state index contributed by atoms with van der Waals surface area (Å²) in [5.41, 5.74) is 4.00. The zero-order chi connectivity index (χ0) is 4.12. The van der Waals surface area contributed by atoms with E-state index < -0.39 is 0 Å². The van der Waals surface area contributed by atoms with Crippen molar-refractivity contribution in [3.05, 3.63) is 18.5 Å². The second-order valence-electron chi connectivity index (χ2n) is 0.478. The lowest BCUT2D eigenvalue weighted by Gasteiger charge is -1.70. The first-order valence-electron chi connectivity index (χ1n) is 1.15. The van der Waals surface area contributed by atoms with E-state index in [0.717, 1.165) is 0 Å². The summed E-state index contributed by atoms with van der Waals surface area (Å²) in [7, 11) is 0. The standard InChI is InChI=1S/C3H5NO/c1-2-3-4-5/h3-5H,1H2. The van der Waals surface area contributed by atoms with E-state index >= 15 is 0 Å². The molecule has 28 valence electrons. The Morgan fingerprint density at radius 1 is 2.00 bits per heavy atom. The van der Waals surface area contributed by atoms with Gasteiger partial charge in [-0.3, -0.25) is 10.7 Å². The molecule has 0 aromatic heterocycles. The Kier molecular flexibility index (Phi) is 2.81. The van der Waals surface area contributed by atoms with Crippen molar-refractivity contribution in [2.45, 2.75) is 0 Å². The van der Waals surface area contributed by atoms with Gasteiger partial charge in [-0.05, 0) is 0 Å². The third-order valence-electron chi connectivity index (χ3n) is 0.167.